The molecule has 1 N–H and O–H groups in total. The van der Waals surface area contributed by atoms with E-state index in [1.165, 1.54) is 0 Å². The highest BCUT2D eigenvalue weighted by Crippen LogP contribution is 2.26. The van der Waals surface area contributed by atoms with Crippen LogP contribution in [-0.4, -0.2) is 31.5 Å². The summed E-state index contributed by atoms with van der Waals surface area (Å²) in [6.07, 6.45) is 1.96. The fourth-order valence-corrected chi connectivity index (χ4v) is 2.26. The van der Waals surface area contributed by atoms with Crippen molar-refractivity contribution in [1.82, 2.24) is 0 Å². The molecule has 0 radical (unpaired) electrons. The molecule has 102 valence electrons. The molecule has 0 saturated heterocycles. The first-order valence-electron chi connectivity index (χ1n) is 6.25. The lowest BCUT2D eigenvalue weighted by atomic mass is 10.1. The zero-order valence-electron chi connectivity index (χ0n) is 11.0. The maximum Gasteiger partial charge on any atom is 0.133 e. The molecule has 4 heteroatoms. The molecule has 0 aromatic heterocycles. The average Bonchev–Trinajstić information content (AvgIpc) is 2.35. The van der Waals surface area contributed by atoms with Gasteiger partial charge in [-0.15, -0.1) is 0 Å². The van der Waals surface area contributed by atoms with E-state index in [1.54, 1.807) is 7.11 Å². The molecule has 0 amide bonds. The molecular formula is C14H21BrO3. The van der Waals surface area contributed by atoms with Crippen molar-refractivity contribution in [2.24, 2.45) is 0 Å². The fourth-order valence-electron chi connectivity index (χ4n) is 1.68. The van der Waals surface area contributed by atoms with Gasteiger partial charge in [-0.25, -0.2) is 0 Å². The molecule has 0 bridgehead atoms. The smallest absolute Gasteiger partial charge is 0.133 e. The summed E-state index contributed by atoms with van der Waals surface area (Å²) in [6, 6.07) is 5.86. The van der Waals surface area contributed by atoms with Crippen molar-refractivity contribution in [3.8, 4) is 5.75 Å². The van der Waals surface area contributed by atoms with Gasteiger partial charge in [-0.2, -0.15) is 0 Å². The van der Waals surface area contributed by atoms with Crippen LogP contribution in [-0.2, 0) is 11.2 Å². The van der Waals surface area contributed by atoms with E-state index in [0.717, 1.165) is 28.8 Å². The topological polar surface area (TPSA) is 38.7 Å². The summed E-state index contributed by atoms with van der Waals surface area (Å²) in [5.41, 5.74) is 1.09. The molecule has 1 unspecified atom stereocenters. The summed E-state index contributed by atoms with van der Waals surface area (Å²) >= 11 is 3.44. The van der Waals surface area contributed by atoms with Gasteiger partial charge in [-0.1, -0.05) is 13.0 Å². The van der Waals surface area contributed by atoms with Crippen LogP contribution in [0.1, 0.15) is 25.3 Å². The van der Waals surface area contributed by atoms with Gasteiger partial charge in [0.05, 0.1) is 17.7 Å². The predicted molar refractivity (Wildman–Crippen MR) is 76.1 cm³/mol. The molecular weight excluding hydrogens is 296 g/mol. The van der Waals surface area contributed by atoms with E-state index >= 15 is 0 Å². The average molecular weight is 317 g/mol. The Morgan fingerprint density at radius 2 is 2.11 bits per heavy atom. The molecule has 0 heterocycles. The zero-order valence-corrected chi connectivity index (χ0v) is 12.6. The van der Waals surface area contributed by atoms with Crippen molar-refractivity contribution in [1.29, 1.82) is 0 Å². The van der Waals surface area contributed by atoms with Crippen molar-refractivity contribution < 1.29 is 14.6 Å². The Labute approximate surface area is 117 Å². The van der Waals surface area contributed by atoms with Crippen molar-refractivity contribution >= 4 is 15.9 Å². The summed E-state index contributed by atoms with van der Waals surface area (Å²) < 4.78 is 11.4. The Morgan fingerprint density at radius 3 is 2.72 bits per heavy atom. The Bertz CT molecular complexity index is 355. The van der Waals surface area contributed by atoms with Gasteiger partial charge in [-0.3, -0.25) is 0 Å². The van der Waals surface area contributed by atoms with Crippen LogP contribution in [0, 0.1) is 0 Å². The van der Waals surface area contributed by atoms with Crippen molar-refractivity contribution in [3.05, 3.63) is 28.2 Å². The lowest BCUT2D eigenvalue weighted by Gasteiger charge is -2.12. The summed E-state index contributed by atoms with van der Waals surface area (Å²) in [7, 11) is 1.64. The number of aliphatic hydroxyl groups excluding tert-OH is 1. The Hall–Kier alpha value is -0.580. The summed E-state index contributed by atoms with van der Waals surface area (Å²) in [6.45, 7) is 3.46. The van der Waals surface area contributed by atoms with Crippen LogP contribution in [0.5, 0.6) is 5.75 Å². The van der Waals surface area contributed by atoms with Crippen molar-refractivity contribution in [2.75, 3.05) is 20.3 Å². The van der Waals surface area contributed by atoms with E-state index < -0.39 is 0 Å². The van der Waals surface area contributed by atoms with Gasteiger partial charge in [0.2, 0.25) is 0 Å². The van der Waals surface area contributed by atoms with Gasteiger partial charge < -0.3 is 14.6 Å². The molecule has 18 heavy (non-hydrogen) atoms. The minimum atomic E-state index is -0.359. The van der Waals surface area contributed by atoms with E-state index in [2.05, 4.69) is 22.9 Å². The highest BCUT2D eigenvalue weighted by molar-refractivity contribution is 9.10. The molecule has 1 rings (SSSR count). The highest BCUT2D eigenvalue weighted by Gasteiger charge is 2.08. The number of methoxy groups -OCH3 is 1. The van der Waals surface area contributed by atoms with Gasteiger partial charge in [0.15, 0.2) is 0 Å². The number of rotatable bonds is 8. The highest BCUT2D eigenvalue weighted by atomic mass is 79.9. The number of hydrogen-bond donors (Lipinski definition) is 1. The van der Waals surface area contributed by atoms with E-state index in [1.807, 2.05) is 18.2 Å². The van der Waals surface area contributed by atoms with Crippen LogP contribution in [0.15, 0.2) is 22.7 Å². The van der Waals surface area contributed by atoms with E-state index in [-0.39, 0.29) is 6.10 Å². The molecule has 1 atom stereocenters. The maximum atomic E-state index is 9.89. The third-order valence-electron chi connectivity index (χ3n) is 2.63. The van der Waals surface area contributed by atoms with E-state index in [4.69, 9.17) is 9.47 Å². The molecule has 1 aromatic carbocycles. The largest absolute Gasteiger partial charge is 0.496 e. The third kappa shape index (κ3) is 5.38. The number of ether oxygens (including phenoxy) is 2. The first kappa shape index (κ1) is 15.5. The normalized spacial score (nSPS) is 12.4. The van der Waals surface area contributed by atoms with Crippen LogP contribution in [0.25, 0.3) is 0 Å². The number of benzene rings is 1. The number of halogens is 1. The van der Waals surface area contributed by atoms with Gasteiger partial charge in [0, 0.05) is 13.2 Å². The van der Waals surface area contributed by atoms with Crippen LogP contribution >= 0.6 is 15.9 Å². The first-order chi connectivity index (χ1) is 8.67. The Morgan fingerprint density at radius 1 is 1.33 bits per heavy atom. The minimum Gasteiger partial charge on any atom is -0.496 e. The van der Waals surface area contributed by atoms with Crippen molar-refractivity contribution in [3.63, 3.8) is 0 Å². The zero-order chi connectivity index (χ0) is 13.4. The third-order valence-corrected chi connectivity index (χ3v) is 3.25. The van der Waals surface area contributed by atoms with Gasteiger partial charge in [0.1, 0.15) is 5.75 Å². The predicted octanol–water partition coefficient (Wildman–Crippen LogP) is 3.18. The quantitative estimate of drug-likeness (QED) is 0.749. The van der Waals surface area contributed by atoms with E-state index in [9.17, 15) is 5.11 Å². The molecule has 0 saturated carbocycles. The molecule has 1 aromatic rings. The first-order valence-corrected chi connectivity index (χ1v) is 7.05. The summed E-state index contributed by atoms with van der Waals surface area (Å²) in [4.78, 5) is 0. The minimum absolute atomic E-state index is 0.359. The van der Waals surface area contributed by atoms with Crippen LogP contribution in [0.2, 0.25) is 0 Å². The Kier molecular flexibility index (Phi) is 7.32. The Balaban J connectivity index is 2.39. The monoisotopic (exact) mass is 316 g/mol. The lowest BCUT2D eigenvalue weighted by Crippen LogP contribution is -2.14. The standard InChI is InChI=1S/C14H21BrO3/c1-3-7-18-8-6-12(16)9-11-4-5-14(17-2)13(15)10-11/h4-5,10,12,16H,3,6-9H2,1-2H3. The lowest BCUT2D eigenvalue weighted by molar-refractivity contribution is 0.0824. The molecule has 3 nitrogen and oxygen atoms in total. The molecule has 0 aliphatic heterocycles. The molecule has 0 aliphatic rings. The van der Waals surface area contributed by atoms with Crippen LogP contribution in [0.3, 0.4) is 0 Å². The second kappa shape index (κ2) is 8.51. The maximum absolute atomic E-state index is 9.89. The van der Waals surface area contributed by atoms with Crippen LogP contribution < -0.4 is 4.74 Å². The number of aliphatic hydroxyl groups is 1. The van der Waals surface area contributed by atoms with Crippen molar-refractivity contribution in [2.45, 2.75) is 32.3 Å². The summed E-state index contributed by atoms with van der Waals surface area (Å²) in [5, 5.41) is 9.89. The summed E-state index contributed by atoms with van der Waals surface area (Å²) in [5.74, 6) is 0.805. The van der Waals surface area contributed by atoms with Gasteiger partial charge in [0.25, 0.3) is 0 Å². The van der Waals surface area contributed by atoms with Gasteiger partial charge in [-0.05, 0) is 52.9 Å². The SMILES string of the molecule is CCCOCCC(O)Cc1ccc(OC)c(Br)c1. The molecule has 0 fully saturated rings. The molecule has 0 spiro atoms. The second-order valence-electron chi connectivity index (χ2n) is 4.23. The van der Waals surface area contributed by atoms with E-state index in [0.29, 0.717) is 19.4 Å². The van der Waals surface area contributed by atoms with Gasteiger partial charge >= 0.3 is 0 Å². The fraction of sp³-hybridized carbons (Fsp3) is 0.571. The molecule has 0 aliphatic carbocycles. The number of hydrogen-bond acceptors (Lipinski definition) is 3. The second-order valence-corrected chi connectivity index (χ2v) is 5.08. The van der Waals surface area contributed by atoms with Crippen LogP contribution in [0.4, 0.5) is 0 Å².